The summed E-state index contributed by atoms with van der Waals surface area (Å²) in [5, 5.41) is 18.8. The number of hydrogen-bond donors (Lipinski definition) is 1. The van der Waals surface area contributed by atoms with Gasteiger partial charge in [-0.25, -0.2) is 0 Å². The summed E-state index contributed by atoms with van der Waals surface area (Å²) in [5.41, 5.74) is 0.611. The van der Waals surface area contributed by atoms with Crippen molar-refractivity contribution in [2.24, 2.45) is 0 Å². The second-order valence-corrected chi connectivity index (χ2v) is 5.44. The van der Waals surface area contributed by atoms with Crippen LogP contribution in [0.4, 0.5) is 0 Å². The summed E-state index contributed by atoms with van der Waals surface area (Å²) in [4.78, 5) is 2.33. The number of likely N-dealkylation sites (tertiary alicyclic amines) is 1. The molecule has 4 nitrogen and oxygen atoms in total. The van der Waals surface area contributed by atoms with Gasteiger partial charge in [0, 0.05) is 12.6 Å². The summed E-state index contributed by atoms with van der Waals surface area (Å²) >= 11 is 0. The highest BCUT2D eigenvalue weighted by Gasteiger charge is 2.20. The molecule has 2 atom stereocenters. The Morgan fingerprint density at radius 2 is 2.15 bits per heavy atom. The number of aliphatic hydroxyl groups excluding tert-OH is 1. The molecule has 0 radical (unpaired) electrons. The fourth-order valence-corrected chi connectivity index (χ4v) is 2.57. The Morgan fingerprint density at radius 3 is 2.80 bits per heavy atom. The van der Waals surface area contributed by atoms with Crippen LogP contribution in [0.3, 0.4) is 0 Å². The van der Waals surface area contributed by atoms with E-state index in [0.717, 1.165) is 6.54 Å². The first-order chi connectivity index (χ1) is 9.69. The average Bonchev–Trinajstić information content (AvgIpc) is 2.48. The summed E-state index contributed by atoms with van der Waals surface area (Å²) in [6.07, 6.45) is 3.23. The Hall–Kier alpha value is -1.57. The van der Waals surface area contributed by atoms with Crippen molar-refractivity contribution in [3.63, 3.8) is 0 Å². The first-order valence-corrected chi connectivity index (χ1v) is 7.24. The topological polar surface area (TPSA) is 56.5 Å². The smallest absolute Gasteiger partial charge is 0.119 e. The van der Waals surface area contributed by atoms with E-state index in [1.54, 1.807) is 24.3 Å². The van der Waals surface area contributed by atoms with E-state index in [2.05, 4.69) is 17.9 Å². The van der Waals surface area contributed by atoms with Gasteiger partial charge in [-0.2, -0.15) is 5.26 Å². The van der Waals surface area contributed by atoms with Crippen molar-refractivity contribution in [2.75, 3.05) is 19.7 Å². The van der Waals surface area contributed by atoms with E-state index >= 15 is 0 Å². The molecule has 1 aliphatic rings. The van der Waals surface area contributed by atoms with Crippen LogP contribution in [-0.2, 0) is 0 Å². The molecule has 1 saturated heterocycles. The Kier molecular flexibility index (Phi) is 5.40. The van der Waals surface area contributed by atoms with E-state index < -0.39 is 6.10 Å². The molecule has 1 N–H and O–H groups in total. The molecule has 4 heteroatoms. The van der Waals surface area contributed by atoms with Crippen LogP contribution >= 0.6 is 0 Å². The largest absolute Gasteiger partial charge is 0.491 e. The molecule has 2 rings (SSSR count). The van der Waals surface area contributed by atoms with Gasteiger partial charge in [-0.1, -0.05) is 6.42 Å². The zero-order valence-corrected chi connectivity index (χ0v) is 12.0. The third kappa shape index (κ3) is 4.22. The standard InChI is InChI=1S/C16H22N2O2/c1-13-4-2-3-9-18(13)11-15(19)12-20-16-7-5-14(10-17)6-8-16/h5-8,13,15,19H,2-4,9,11-12H2,1H3/t13-,15-/m0/s1. The highest BCUT2D eigenvalue weighted by atomic mass is 16.5. The van der Waals surface area contributed by atoms with E-state index in [9.17, 15) is 5.11 Å². The lowest BCUT2D eigenvalue weighted by Crippen LogP contribution is -2.43. The highest BCUT2D eigenvalue weighted by molar-refractivity contribution is 5.34. The molecule has 1 fully saturated rings. The molecule has 0 saturated carbocycles. The molecule has 20 heavy (non-hydrogen) atoms. The van der Waals surface area contributed by atoms with Crippen molar-refractivity contribution >= 4 is 0 Å². The van der Waals surface area contributed by atoms with Gasteiger partial charge in [-0.05, 0) is 50.6 Å². The predicted molar refractivity (Wildman–Crippen MR) is 77.5 cm³/mol. The van der Waals surface area contributed by atoms with Gasteiger partial charge in [0.25, 0.3) is 0 Å². The molecule has 0 spiro atoms. The predicted octanol–water partition coefficient (Wildman–Crippen LogP) is 2.17. The maximum absolute atomic E-state index is 10.1. The molecule has 1 heterocycles. The molecule has 0 bridgehead atoms. The van der Waals surface area contributed by atoms with E-state index in [0.29, 0.717) is 23.9 Å². The second-order valence-electron chi connectivity index (χ2n) is 5.44. The van der Waals surface area contributed by atoms with Crippen LogP contribution in [0.2, 0.25) is 0 Å². The third-order valence-corrected chi connectivity index (χ3v) is 3.81. The van der Waals surface area contributed by atoms with Gasteiger partial charge in [0.1, 0.15) is 18.5 Å². The Morgan fingerprint density at radius 1 is 1.40 bits per heavy atom. The quantitative estimate of drug-likeness (QED) is 0.894. The first kappa shape index (κ1) is 14.8. The minimum Gasteiger partial charge on any atom is -0.491 e. The summed E-state index contributed by atoms with van der Waals surface area (Å²) in [6, 6.07) is 9.57. The van der Waals surface area contributed by atoms with Crippen LogP contribution in [0.1, 0.15) is 31.7 Å². The van der Waals surface area contributed by atoms with E-state index in [4.69, 9.17) is 10.00 Å². The van der Waals surface area contributed by atoms with Crippen molar-refractivity contribution < 1.29 is 9.84 Å². The van der Waals surface area contributed by atoms with Crippen LogP contribution in [0.25, 0.3) is 0 Å². The number of nitriles is 1. The van der Waals surface area contributed by atoms with Gasteiger partial charge in [0.05, 0.1) is 11.6 Å². The lowest BCUT2D eigenvalue weighted by molar-refractivity contribution is 0.0438. The maximum Gasteiger partial charge on any atom is 0.119 e. The van der Waals surface area contributed by atoms with Crippen molar-refractivity contribution in [3.05, 3.63) is 29.8 Å². The molecular weight excluding hydrogens is 252 g/mol. The van der Waals surface area contributed by atoms with Gasteiger partial charge in [0.15, 0.2) is 0 Å². The van der Waals surface area contributed by atoms with Gasteiger partial charge in [-0.15, -0.1) is 0 Å². The van der Waals surface area contributed by atoms with Crippen LogP contribution in [0.15, 0.2) is 24.3 Å². The Bertz CT molecular complexity index is 453. The van der Waals surface area contributed by atoms with Crippen LogP contribution in [-0.4, -0.2) is 41.8 Å². The molecule has 0 unspecified atom stereocenters. The number of aliphatic hydroxyl groups is 1. The van der Waals surface area contributed by atoms with E-state index in [-0.39, 0.29) is 6.61 Å². The van der Waals surface area contributed by atoms with Crippen LogP contribution in [0, 0.1) is 11.3 Å². The molecule has 0 aromatic heterocycles. The molecular formula is C16H22N2O2. The van der Waals surface area contributed by atoms with Crippen LogP contribution < -0.4 is 4.74 Å². The number of piperidine rings is 1. The van der Waals surface area contributed by atoms with E-state index in [1.807, 2.05) is 0 Å². The molecule has 1 aromatic rings. The summed E-state index contributed by atoms with van der Waals surface area (Å²) in [6.45, 7) is 4.23. The lowest BCUT2D eigenvalue weighted by Gasteiger charge is -2.34. The fourth-order valence-electron chi connectivity index (χ4n) is 2.57. The number of rotatable bonds is 5. The van der Waals surface area contributed by atoms with Gasteiger partial charge < -0.3 is 9.84 Å². The molecule has 1 aliphatic heterocycles. The SMILES string of the molecule is C[C@H]1CCCCN1C[C@H](O)COc1ccc(C#N)cc1. The third-order valence-electron chi connectivity index (χ3n) is 3.81. The van der Waals surface area contributed by atoms with Gasteiger partial charge in [-0.3, -0.25) is 4.90 Å². The average molecular weight is 274 g/mol. The second kappa shape index (κ2) is 7.28. The van der Waals surface area contributed by atoms with Crippen molar-refractivity contribution in [3.8, 4) is 11.8 Å². The lowest BCUT2D eigenvalue weighted by atomic mass is 10.0. The number of hydrogen-bond acceptors (Lipinski definition) is 4. The number of β-amino-alcohol motifs (C(OH)–C–C–N with tert-alkyl or cyclic N) is 1. The minimum atomic E-state index is -0.480. The van der Waals surface area contributed by atoms with Gasteiger partial charge >= 0.3 is 0 Å². The van der Waals surface area contributed by atoms with Crippen molar-refractivity contribution in [2.45, 2.75) is 38.3 Å². The highest BCUT2D eigenvalue weighted by Crippen LogP contribution is 2.17. The number of nitrogens with zero attached hydrogens (tertiary/aromatic N) is 2. The summed E-state index contributed by atoms with van der Waals surface area (Å²) in [7, 11) is 0. The molecule has 1 aromatic carbocycles. The van der Waals surface area contributed by atoms with Crippen molar-refractivity contribution in [1.82, 2.24) is 4.90 Å². The first-order valence-electron chi connectivity index (χ1n) is 7.24. The van der Waals surface area contributed by atoms with Crippen LogP contribution in [0.5, 0.6) is 5.75 Å². The Labute approximate surface area is 120 Å². The van der Waals surface area contributed by atoms with E-state index in [1.165, 1.54) is 19.3 Å². The molecule has 0 aliphatic carbocycles. The summed E-state index contributed by atoms with van der Waals surface area (Å²) < 4.78 is 5.56. The maximum atomic E-state index is 10.1. The number of benzene rings is 1. The normalized spacial score (nSPS) is 21.1. The zero-order valence-electron chi connectivity index (χ0n) is 12.0. The molecule has 0 amide bonds. The fraction of sp³-hybridized carbons (Fsp3) is 0.562. The Balaban J connectivity index is 1.76. The minimum absolute atomic E-state index is 0.287. The van der Waals surface area contributed by atoms with Crippen molar-refractivity contribution in [1.29, 1.82) is 5.26 Å². The zero-order chi connectivity index (χ0) is 14.4. The monoisotopic (exact) mass is 274 g/mol. The number of ether oxygens (including phenoxy) is 1. The van der Waals surface area contributed by atoms with Gasteiger partial charge in [0.2, 0.25) is 0 Å². The molecule has 108 valence electrons. The summed E-state index contributed by atoms with van der Waals surface area (Å²) in [5.74, 6) is 0.690.